The minimum Gasteiger partial charge on any atom is -0.351 e. The van der Waals surface area contributed by atoms with Crippen molar-refractivity contribution in [3.05, 3.63) is 63.4 Å². The lowest BCUT2D eigenvalue weighted by Crippen LogP contribution is -2.45. The number of piperidine rings is 3. The van der Waals surface area contributed by atoms with E-state index in [0.29, 0.717) is 37.3 Å². The smallest absolute Gasteiger partial charge is 0.314 e. The van der Waals surface area contributed by atoms with E-state index in [-0.39, 0.29) is 12.1 Å². The van der Waals surface area contributed by atoms with Crippen LogP contribution in [0.25, 0.3) is 0 Å². The van der Waals surface area contributed by atoms with Crippen molar-refractivity contribution < 1.29 is 9.59 Å². The normalized spacial score (nSPS) is 23.1. The summed E-state index contributed by atoms with van der Waals surface area (Å²) >= 11 is 6.43. The fourth-order valence-electron chi connectivity index (χ4n) is 7.93. The van der Waals surface area contributed by atoms with Crippen LogP contribution >= 0.6 is 11.6 Å². The molecule has 0 bridgehead atoms. The molecule has 2 N–H and O–H groups in total. The van der Waals surface area contributed by atoms with E-state index < -0.39 is 0 Å². The Morgan fingerprint density at radius 2 is 1.51 bits per heavy atom. The number of rotatable bonds is 4. The number of likely N-dealkylation sites (tertiary alicyclic amines) is 3. The number of benzene rings is 1. The molecule has 3 saturated heterocycles. The highest BCUT2D eigenvalue weighted by atomic mass is 35.5. The predicted octanol–water partition coefficient (Wildman–Crippen LogP) is 5.36. The molecule has 1 aromatic heterocycles. The fraction of sp³-hybridized carbons (Fsp3) is 0.606. The minimum absolute atomic E-state index is 0.190. The molecule has 2 aromatic rings. The average molecular weight is 578 g/mol. The Morgan fingerprint density at radius 1 is 0.878 bits per heavy atom. The van der Waals surface area contributed by atoms with E-state index in [1.165, 1.54) is 40.8 Å². The van der Waals surface area contributed by atoms with Crippen molar-refractivity contribution in [2.24, 2.45) is 23.5 Å². The molecule has 4 heterocycles. The number of hydrogen-bond donors (Lipinski definition) is 1. The number of nitrogens with two attached hydrogens (primary N) is 1. The molecule has 1 aromatic carbocycles. The largest absolute Gasteiger partial charge is 0.351 e. The highest BCUT2D eigenvalue weighted by Crippen LogP contribution is 2.41. The van der Waals surface area contributed by atoms with Crippen LogP contribution in [0.1, 0.15) is 78.9 Å². The van der Waals surface area contributed by atoms with Crippen LogP contribution in [-0.4, -0.2) is 70.9 Å². The van der Waals surface area contributed by atoms with Gasteiger partial charge in [-0.1, -0.05) is 23.7 Å². The van der Waals surface area contributed by atoms with E-state index in [2.05, 4.69) is 34.9 Å². The van der Waals surface area contributed by atoms with Crippen LogP contribution in [-0.2, 0) is 17.6 Å². The van der Waals surface area contributed by atoms with Crippen molar-refractivity contribution in [3.63, 3.8) is 0 Å². The molecule has 220 valence electrons. The molecular formula is C33H44ClN5O2. The Morgan fingerprint density at radius 3 is 2.20 bits per heavy atom. The number of fused-ring (bicyclic) bond motifs is 2. The molecule has 3 aliphatic heterocycles. The summed E-state index contributed by atoms with van der Waals surface area (Å²) in [6, 6.07) is 8.61. The van der Waals surface area contributed by atoms with E-state index in [1.807, 2.05) is 12.3 Å². The minimum atomic E-state index is -0.344. The second-order valence-electron chi connectivity index (χ2n) is 12.9. The standard InChI is InChI=1S/C33H44ClN5O2/c1-22-18-27-3-2-26-20-28(34)4-5-29(26)32(31(27)36-21-22)38-16-10-25(11-17-38)24-8-14-37(15-9-24)30(40)19-23-6-12-39(13-7-23)33(35)41/h4-5,18,20-21,23-25,32H,2-3,6-17,19H2,1H3,(H2,35,41). The van der Waals surface area contributed by atoms with Gasteiger partial charge in [0.15, 0.2) is 0 Å². The third-order valence-electron chi connectivity index (χ3n) is 10.3. The van der Waals surface area contributed by atoms with Crippen LogP contribution in [0.5, 0.6) is 0 Å². The third-order valence-corrected chi connectivity index (χ3v) is 10.6. The second-order valence-corrected chi connectivity index (χ2v) is 13.3. The van der Waals surface area contributed by atoms with Crippen LogP contribution in [0, 0.1) is 24.7 Å². The first-order valence-corrected chi connectivity index (χ1v) is 16.0. The molecular weight excluding hydrogens is 534 g/mol. The molecule has 1 aliphatic carbocycles. The van der Waals surface area contributed by atoms with Crippen molar-refractivity contribution in [2.75, 3.05) is 39.3 Å². The van der Waals surface area contributed by atoms with Gasteiger partial charge in [-0.05, 0) is 124 Å². The third kappa shape index (κ3) is 6.26. The average Bonchev–Trinajstić information content (AvgIpc) is 3.14. The Hall–Kier alpha value is -2.64. The number of halogens is 1. The second kappa shape index (κ2) is 12.3. The van der Waals surface area contributed by atoms with Gasteiger partial charge in [-0.2, -0.15) is 0 Å². The SMILES string of the molecule is Cc1cnc2c(c1)CCc1cc(Cl)ccc1C2N1CCC(C2CCN(C(=O)CC3CCN(C(N)=O)CC3)CC2)CC1. The molecule has 3 amide bonds. The quantitative estimate of drug-likeness (QED) is 0.530. The highest BCUT2D eigenvalue weighted by molar-refractivity contribution is 6.30. The van der Waals surface area contributed by atoms with E-state index in [9.17, 15) is 9.59 Å². The molecule has 7 nitrogen and oxygen atoms in total. The first-order chi connectivity index (χ1) is 19.9. The first kappa shape index (κ1) is 28.5. The number of pyridine rings is 1. The van der Waals surface area contributed by atoms with Gasteiger partial charge in [0.1, 0.15) is 0 Å². The number of hydrogen-bond acceptors (Lipinski definition) is 4. The van der Waals surface area contributed by atoms with Gasteiger partial charge >= 0.3 is 6.03 Å². The lowest BCUT2D eigenvalue weighted by Gasteiger charge is -2.43. The molecule has 41 heavy (non-hydrogen) atoms. The molecule has 1 unspecified atom stereocenters. The number of carbonyl (C=O) groups is 2. The van der Waals surface area contributed by atoms with Gasteiger partial charge in [-0.15, -0.1) is 0 Å². The van der Waals surface area contributed by atoms with Gasteiger partial charge in [-0.25, -0.2) is 4.79 Å². The molecule has 4 aliphatic rings. The molecule has 3 fully saturated rings. The summed E-state index contributed by atoms with van der Waals surface area (Å²) in [5.74, 6) is 2.09. The Labute approximate surface area is 249 Å². The fourth-order valence-corrected chi connectivity index (χ4v) is 8.13. The number of urea groups is 1. The molecule has 1 atom stereocenters. The number of aryl methyl sites for hydroxylation is 3. The Balaban J connectivity index is 1.04. The summed E-state index contributed by atoms with van der Waals surface area (Å²) in [7, 11) is 0. The number of nitrogens with zero attached hydrogens (tertiary/aromatic N) is 4. The predicted molar refractivity (Wildman–Crippen MR) is 162 cm³/mol. The number of carbonyl (C=O) groups excluding carboxylic acids is 2. The lowest BCUT2D eigenvalue weighted by atomic mass is 9.78. The van der Waals surface area contributed by atoms with E-state index in [4.69, 9.17) is 22.3 Å². The Kier molecular flexibility index (Phi) is 8.55. The number of amides is 3. The maximum Gasteiger partial charge on any atom is 0.314 e. The molecule has 0 spiro atoms. The van der Waals surface area contributed by atoms with Gasteiger partial charge in [-0.3, -0.25) is 14.7 Å². The van der Waals surface area contributed by atoms with Gasteiger partial charge in [0, 0.05) is 43.8 Å². The van der Waals surface area contributed by atoms with Gasteiger partial charge in [0.05, 0.1) is 11.7 Å². The van der Waals surface area contributed by atoms with Crippen molar-refractivity contribution in [1.29, 1.82) is 0 Å². The van der Waals surface area contributed by atoms with E-state index in [0.717, 1.165) is 75.6 Å². The molecule has 8 heteroatoms. The topological polar surface area (TPSA) is 82.8 Å². The summed E-state index contributed by atoms with van der Waals surface area (Å²) in [5, 5.41) is 0.814. The maximum atomic E-state index is 13.1. The first-order valence-electron chi connectivity index (χ1n) is 15.7. The summed E-state index contributed by atoms with van der Waals surface area (Å²) in [6.45, 7) is 7.42. The molecule has 0 radical (unpaired) electrons. The van der Waals surface area contributed by atoms with E-state index in [1.54, 1.807) is 4.90 Å². The van der Waals surface area contributed by atoms with Crippen molar-refractivity contribution in [1.82, 2.24) is 19.7 Å². The van der Waals surface area contributed by atoms with Crippen molar-refractivity contribution in [2.45, 2.75) is 70.8 Å². The van der Waals surface area contributed by atoms with Crippen molar-refractivity contribution in [3.8, 4) is 0 Å². The zero-order valence-corrected chi connectivity index (χ0v) is 25.1. The summed E-state index contributed by atoms with van der Waals surface area (Å²) in [4.78, 5) is 35.9. The van der Waals surface area contributed by atoms with Crippen LogP contribution in [0.2, 0.25) is 5.02 Å². The van der Waals surface area contributed by atoms with Gasteiger partial charge in [0.2, 0.25) is 5.91 Å². The number of primary amides is 1. The summed E-state index contributed by atoms with van der Waals surface area (Å²) in [5.41, 5.74) is 12.0. The zero-order chi connectivity index (χ0) is 28.5. The zero-order valence-electron chi connectivity index (χ0n) is 24.4. The summed E-state index contributed by atoms with van der Waals surface area (Å²) < 4.78 is 0. The van der Waals surface area contributed by atoms with Crippen LogP contribution < -0.4 is 5.73 Å². The van der Waals surface area contributed by atoms with E-state index >= 15 is 0 Å². The van der Waals surface area contributed by atoms with Crippen molar-refractivity contribution >= 4 is 23.5 Å². The molecule has 0 saturated carbocycles. The monoisotopic (exact) mass is 577 g/mol. The van der Waals surface area contributed by atoms with Gasteiger partial charge < -0.3 is 15.5 Å². The summed E-state index contributed by atoms with van der Waals surface area (Å²) in [6.07, 6.45) is 11.0. The highest BCUT2D eigenvalue weighted by Gasteiger charge is 2.36. The Bertz CT molecular complexity index is 1210. The number of aromatic nitrogens is 1. The van der Waals surface area contributed by atoms with Crippen LogP contribution in [0.15, 0.2) is 30.5 Å². The lowest BCUT2D eigenvalue weighted by molar-refractivity contribution is -0.134. The maximum absolute atomic E-state index is 13.1. The van der Waals surface area contributed by atoms with Crippen LogP contribution in [0.4, 0.5) is 4.79 Å². The molecule has 6 rings (SSSR count). The van der Waals surface area contributed by atoms with Crippen LogP contribution in [0.3, 0.4) is 0 Å². The van der Waals surface area contributed by atoms with Gasteiger partial charge in [0.25, 0.3) is 0 Å².